The Morgan fingerprint density at radius 3 is 2.74 bits per heavy atom. The van der Waals surface area contributed by atoms with E-state index in [-0.39, 0.29) is 5.41 Å². The van der Waals surface area contributed by atoms with Crippen LogP contribution in [0.5, 0.6) is 0 Å². The first kappa shape index (κ1) is 15.0. The van der Waals surface area contributed by atoms with Gasteiger partial charge in [0.05, 0.1) is 0 Å². The van der Waals surface area contributed by atoms with Crippen molar-refractivity contribution in [2.45, 2.75) is 20.3 Å². The maximum absolute atomic E-state index is 3.68. The lowest BCUT2D eigenvalue weighted by Crippen LogP contribution is -2.30. The Kier molecular flexibility index (Phi) is 5.04. The highest BCUT2D eigenvalue weighted by Gasteiger charge is 2.19. The first-order chi connectivity index (χ1) is 8.97. The molecule has 0 spiro atoms. The smallest absolute Gasteiger partial charge is 0.0234 e. The third-order valence-electron chi connectivity index (χ3n) is 3.99. The summed E-state index contributed by atoms with van der Waals surface area (Å²) < 4.78 is 1.25. The molecule has 1 fully saturated rings. The van der Waals surface area contributed by atoms with Crippen LogP contribution in [0.15, 0.2) is 34.4 Å². The Morgan fingerprint density at radius 2 is 1.95 bits per heavy atom. The average Bonchev–Trinajstić information content (AvgIpc) is 2.63. The van der Waals surface area contributed by atoms with Gasteiger partial charge in [0.1, 0.15) is 0 Å². The van der Waals surface area contributed by atoms with Crippen LogP contribution in [0.3, 0.4) is 0 Å². The predicted molar refractivity (Wildman–Crippen MR) is 86.6 cm³/mol. The van der Waals surface area contributed by atoms with E-state index in [1.54, 1.807) is 0 Å². The van der Waals surface area contributed by atoms with Gasteiger partial charge in [0, 0.05) is 29.5 Å². The van der Waals surface area contributed by atoms with Crippen LogP contribution in [0.4, 0.5) is 0 Å². The van der Waals surface area contributed by atoms with Gasteiger partial charge in [-0.05, 0) is 32.1 Å². The number of allylic oxidation sites excluding steroid dienone is 4. The van der Waals surface area contributed by atoms with E-state index in [2.05, 4.69) is 70.9 Å². The first-order valence-electron chi connectivity index (χ1n) is 7.14. The van der Waals surface area contributed by atoms with Crippen molar-refractivity contribution in [3.63, 3.8) is 0 Å². The van der Waals surface area contributed by atoms with Gasteiger partial charge in [0.15, 0.2) is 0 Å². The maximum Gasteiger partial charge on any atom is 0.0234 e. The molecule has 1 aliphatic heterocycles. The van der Waals surface area contributed by atoms with Crippen molar-refractivity contribution in [3.8, 4) is 0 Å². The van der Waals surface area contributed by atoms with Crippen molar-refractivity contribution in [2.75, 3.05) is 39.8 Å². The van der Waals surface area contributed by atoms with Gasteiger partial charge in [-0.3, -0.25) is 4.90 Å². The van der Waals surface area contributed by atoms with E-state index in [1.807, 2.05) is 0 Å². The van der Waals surface area contributed by atoms with E-state index in [0.29, 0.717) is 0 Å². The molecule has 3 heteroatoms. The molecule has 0 bridgehead atoms. The summed E-state index contributed by atoms with van der Waals surface area (Å²) in [5.74, 6) is 0. The van der Waals surface area contributed by atoms with E-state index >= 15 is 0 Å². The number of halogens is 1. The van der Waals surface area contributed by atoms with Crippen LogP contribution >= 0.6 is 15.9 Å². The predicted octanol–water partition coefficient (Wildman–Crippen LogP) is 3.43. The molecule has 2 rings (SSSR count). The minimum Gasteiger partial charge on any atom is -0.305 e. The normalized spacial score (nSPS) is 25.5. The Bertz CT molecular complexity index is 407. The van der Waals surface area contributed by atoms with Gasteiger partial charge in [-0.1, -0.05) is 54.1 Å². The molecule has 0 amide bonds. The minimum atomic E-state index is 0.108. The number of nitrogens with zero attached hydrogens (tertiary/aromatic N) is 2. The summed E-state index contributed by atoms with van der Waals surface area (Å²) >= 11 is 3.68. The Labute approximate surface area is 126 Å². The summed E-state index contributed by atoms with van der Waals surface area (Å²) in [5.41, 5.74) is 1.52. The SMILES string of the molecule is CN1CCCN(CC2=CC=C(Br)C(C)(C)C=C2)CC1. The summed E-state index contributed by atoms with van der Waals surface area (Å²) in [4.78, 5) is 5.00. The lowest BCUT2D eigenvalue weighted by molar-refractivity contribution is 0.296. The van der Waals surface area contributed by atoms with Gasteiger partial charge in [-0.2, -0.15) is 0 Å². The molecule has 0 N–H and O–H groups in total. The summed E-state index contributed by atoms with van der Waals surface area (Å²) in [6, 6.07) is 0. The summed E-state index contributed by atoms with van der Waals surface area (Å²) in [6.45, 7) is 10.3. The van der Waals surface area contributed by atoms with Crippen LogP contribution in [0, 0.1) is 5.41 Å². The Hall–Kier alpha value is -0.380. The molecule has 106 valence electrons. The highest BCUT2D eigenvalue weighted by Crippen LogP contribution is 2.34. The maximum atomic E-state index is 3.68. The van der Waals surface area contributed by atoms with Crippen LogP contribution in [0.25, 0.3) is 0 Å². The number of likely N-dealkylation sites (N-methyl/N-ethyl adjacent to an activating group) is 1. The van der Waals surface area contributed by atoms with Crippen LogP contribution in [-0.2, 0) is 0 Å². The average molecular weight is 325 g/mol. The fraction of sp³-hybridized carbons (Fsp3) is 0.625. The first-order valence-corrected chi connectivity index (χ1v) is 7.94. The Balaban J connectivity index is 2.00. The summed E-state index contributed by atoms with van der Waals surface area (Å²) in [6.07, 6.45) is 10.3. The van der Waals surface area contributed by atoms with Crippen molar-refractivity contribution in [1.29, 1.82) is 0 Å². The van der Waals surface area contributed by atoms with E-state index in [4.69, 9.17) is 0 Å². The molecule has 0 radical (unpaired) electrons. The molecule has 1 saturated heterocycles. The van der Waals surface area contributed by atoms with Gasteiger partial charge >= 0.3 is 0 Å². The highest BCUT2D eigenvalue weighted by atomic mass is 79.9. The number of hydrogen-bond acceptors (Lipinski definition) is 2. The second kappa shape index (κ2) is 6.38. The third-order valence-corrected chi connectivity index (χ3v) is 5.28. The van der Waals surface area contributed by atoms with Gasteiger partial charge in [0.2, 0.25) is 0 Å². The molecule has 0 aromatic rings. The molecular weight excluding hydrogens is 300 g/mol. The molecule has 2 nitrogen and oxygen atoms in total. The molecular formula is C16H25BrN2. The molecule has 1 aliphatic carbocycles. The number of rotatable bonds is 2. The molecule has 1 heterocycles. The van der Waals surface area contributed by atoms with Gasteiger partial charge < -0.3 is 4.90 Å². The Morgan fingerprint density at radius 1 is 1.16 bits per heavy atom. The van der Waals surface area contributed by atoms with Gasteiger partial charge in [-0.15, -0.1) is 0 Å². The zero-order valence-electron chi connectivity index (χ0n) is 12.3. The van der Waals surface area contributed by atoms with E-state index in [1.165, 1.54) is 42.7 Å². The second-order valence-electron chi connectivity index (χ2n) is 6.24. The largest absolute Gasteiger partial charge is 0.305 e. The minimum absolute atomic E-state index is 0.108. The zero-order chi connectivity index (χ0) is 13.9. The fourth-order valence-electron chi connectivity index (χ4n) is 2.47. The lowest BCUT2D eigenvalue weighted by atomic mass is 9.93. The molecule has 0 aromatic heterocycles. The van der Waals surface area contributed by atoms with Crippen molar-refractivity contribution in [3.05, 3.63) is 34.4 Å². The second-order valence-corrected chi connectivity index (χ2v) is 7.10. The third kappa shape index (κ3) is 4.30. The van der Waals surface area contributed by atoms with E-state index < -0.39 is 0 Å². The highest BCUT2D eigenvalue weighted by molar-refractivity contribution is 9.11. The standard InChI is InChI=1S/C16H25BrN2/c1-16(2)8-7-14(5-6-15(16)17)13-19-10-4-9-18(3)11-12-19/h5-8H,4,9-13H2,1-3H3. The van der Waals surface area contributed by atoms with Crippen LogP contribution in [0.1, 0.15) is 20.3 Å². The van der Waals surface area contributed by atoms with Crippen LogP contribution < -0.4 is 0 Å². The quantitative estimate of drug-likeness (QED) is 0.767. The molecule has 0 saturated carbocycles. The van der Waals surface area contributed by atoms with Crippen molar-refractivity contribution >= 4 is 15.9 Å². The van der Waals surface area contributed by atoms with Gasteiger partial charge in [0.25, 0.3) is 0 Å². The zero-order valence-corrected chi connectivity index (χ0v) is 13.9. The van der Waals surface area contributed by atoms with E-state index in [9.17, 15) is 0 Å². The summed E-state index contributed by atoms with van der Waals surface area (Å²) in [5, 5.41) is 0. The molecule has 0 aromatic carbocycles. The monoisotopic (exact) mass is 324 g/mol. The molecule has 0 unspecified atom stereocenters. The number of hydrogen-bond donors (Lipinski definition) is 0. The van der Waals surface area contributed by atoms with Crippen LogP contribution in [-0.4, -0.2) is 49.6 Å². The molecule has 19 heavy (non-hydrogen) atoms. The molecule has 2 aliphatic rings. The van der Waals surface area contributed by atoms with Crippen molar-refractivity contribution in [2.24, 2.45) is 5.41 Å². The topological polar surface area (TPSA) is 6.48 Å². The van der Waals surface area contributed by atoms with Gasteiger partial charge in [-0.25, -0.2) is 0 Å². The summed E-state index contributed by atoms with van der Waals surface area (Å²) in [7, 11) is 2.22. The molecule has 0 atom stereocenters. The van der Waals surface area contributed by atoms with Crippen molar-refractivity contribution in [1.82, 2.24) is 9.80 Å². The van der Waals surface area contributed by atoms with E-state index in [0.717, 1.165) is 6.54 Å². The lowest BCUT2D eigenvalue weighted by Gasteiger charge is -2.21. The fourth-order valence-corrected chi connectivity index (χ4v) is 2.73. The van der Waals surface area contributed by atoms with Crippen molar-refractivity contribution < 1.29 is 0 Å². The van der Waals surface area contributed by atoms with Crippen LogP contribution in [0.2, 0.25) is 0 Å².